The Morgan fingerprint density at radius 3 is 2.67 bits per heavy atom. The van der Waals surface area contributed by atoms with Crippen LogP contribution in [0.2, 0.25) is 0 Å². The highest BCUT2D eigenvalue weighted by Gasteiger charge is 2.24. The average Bonchev–Trinajstić information content (AvgIpc) is 2.26. The molecule has 6 heteroatoms. The Morgan fingerprint density at radius 1 is 1.53 bits per heavy atom. The number of nitrogens with zero attached hydrogens (tertiary/aromatic N) is 1. The first kappa shape index (κ1) is 11.4. The van der Waals surface area contributed by atoms with E-state index in [1.165, 1.54) is 13.2 Å². The van der Waals surface area contributed by atoms with Gasteiger partial charge in [-0.05, 0) is 19.1 Å². The minimum absolute atomic E-state index is 0.113. The molecule has 0 radical (unpaired) electrons. The molecule has 0 spiro atoms. The predicted octanol–water partition coefficient (Wildman–Crippen LogP) is 1.55. The van der Waals surface area contributed by atoms with Crippen molar-refractivity contribution in [3.05, 3.63) is 33.9 Å². The van der Waals surface area contributed by atoms with Crippen molar-refractivity contribution in [1.29, 1.82) is 0 Å². The van der Waals surface area contributed by atoms with Crippen molar-refractivity contribution >= 4 is 5.69 Å². The van der Waals surface area contributed by atoms with Crippen LogP contribution in [0.4, 0.5) is 5.69 Å². The molecule has 82 valence electrons. The molecule has 0 fully saturated rings. The Morgan fingerprint density at radius 2 is 2.20 bits per heavy atom. The fourth-order valence-corrected chi connectivity index (χ4v) is 1.30. The minimum atomic E-state index is -0.555. The van der Waals surface area contributed by atoms with Gasteiger partial charge in [-0.3, -0.25) is 15.0 Å². The first-order valence-electron chi connectivity index (χ1n) is 4.28. The Hall–Kier alpha value is -1.66. The van der Waals surface area contributed by atoms with Gasteiger partial charge in [-0.25, -0.2) is 5.90 Å². The lowest BCUT2D eigenvalue weighted by atomic mass is 10.1. The summed E-state index contributed by atoms with van der Waals surface area (Å²) in [5.41, 5.74) is 0.278. The molecule has 0 heterocycles. The van der Waals surface area contributed by atoms with Crippen molar-refractivity contribution in [2.75, 3.05) is 7.11 Å². The molecule has 1 rings (SSSR count). The number of hydrogen-bond acceptors (Lipinski definition) is 5. The second-order valence-electron chi connectivity index (χ2n) is 2.93. The Kier molecular flexibility index (Phi) is 3.59. The van der Waals surface area contributed by atoms with E-state index in [4.69, 9.17) is 10.6 Å². The molecule has 6 nitrogen and oxygen atoms in total. The first-order chi connectivity index (χ1) is 7.11. The zero-order valence-corrected chi connectivity index (χ0v) is 8.47. The molecular weight excluding hydrogens is 200 g/mol. The summed E-state index contributed by atoms with van der Waals surface area (Å²) >= 11 is 0. The molecule has 1 aromatic rings. The van der Waals surface area contributed by atoms with E-state index >= 15 is 0 Å². The summed E-state index contributed by atoms with van der Waals surface area (Å²) < 4.78 is 4.90. The number of para-hydroxylation sites is 1. The Labute approximate surface area is 86.7 Å². The smallest absolute Gasteiger partial charge is 0.316 e. The molecule has 0 amide bonds. The van der Waals surface area contributed by atoms with E-state index in [1.807, 2.05) is 0 Å². The summed E-state index contributed by atoms with van der Waals surface area (Å²) in [7, 11) is 1.38. The fourth-order valence-electron chi connectivity index (χ4n) is 1.30. The summed E-state index contributed by atoms with van der Waals surface area (Å²) in [4.78, 5) is 14.9. The van der Waals surface area contributed by atoms with Gasteiger partial charge in [-0.1, -0.05) is 6.07 Å². The number of nitro groups is 1. The third-order valence-electron chi connectivity index (χ3n) is 2.07. The molecule has 1 atom stereocenters. The van der Waals surface area contributed by atoms with Crippen LogP contribution in [-0.2, 0) is 4.84 Å². The van der Waals surface area contributed by atoms with E-state index in [9.17, 15) is 10.1 Å². The molecule has 1 aromatic carbocycles. The quantitative estimate of drug-likeness (QED) is 0.604. The molecule has 15 heavy (non-hydrogen) atoms. The summed E-state index contributed by atoms with van der Waals surface area (Å²) in [5.74, 6) is 5.20. The number of methoxy groups -OCH3 is 1. The lowest BCUT2D eigenvalue weighted by Gasteiger charge is -2.11. The zero-order chi connectivity index (χ0) is 11.4. The molecule has 0 aliphatic rings. The fraction of sp³-hybridized carbons (Fsp3) is 0.333. The van der Waals surface area contributed by atoms with Gasteiger partial charge in [-0.2, -0.15) is 0 Å². The van der Waals surface area contributed by atoms with Gasteiger partial charge in [0.25, 0.3) is 0 Å². The number of nitro benzene ring substituents is 1. The van der Waals surface area contributed by atoms with E-state index in [-0.39, 0.29) is 11.4 Å². The Bertz CT molecular complexity index is 367. The van der Waals surface area contributed by atoms with Crippen molar-refractivity contribution in [3.8, 4) is 5.75 Å². The maximum absolute atomic E-state index is 10.9. The summed E-state index contributed by atoms with van der Waals surface area (Å²) in [6, 6.07) is 4.75. The third-order valence-corrected chi connectivity index (χ3v) is 2.07. The van der Waals surface area contributed by atoms with Crippen LogP contribution in [0, 0.1) is 10.1 Å². The maximum Gasteiger partial charge on any atom is 0.316 e. The number of hydrogen-bond donors (Lipinski definition) is 1. The van der Waals surface area contributed by atoms with E-state index in [0.717, 1.165) is 0 Å². The second kappa shape index (κ2) is 4.72. The van der Waals surface area contributed by atoms with Crippen LogP contribution in [0.15, 0.2) is 18.2 Å². The van der Waals surface area contributed by atoms with Crippen molar-refractivity contribution in [3.63, 3.8) is 0 Å². The first-order valence-corrected chi connectivity index (χ1v) is 4.28. The van der Waals surface area contributed by atoms with Crippen molar-refractivity contribution in [1.82, 2.24) is 0 Å². The largest absolute Gasteiger partial charge is 0.490 e. The van der Waals surface area contributed by atoms with Crippen LogP contribution in [0.1, 0.15) is 18.6 Å². The topological polar surface area (TPSA) is 87.6 Å². The predicted molar refractivity (Wildman–Crippen MR) is 53.3 cm³/mol. The molecule has 0 aliphatic carbocycles. The number of ether oxygens (including phenoxy) is 1. The van der Waals surface area contributed by atoms with Crippen LogP contribution in [0.5, 0.6) is 5.75 Å². The lowest BCUT2D eigenvalue weighted by Crippen LogP contribution is -2.08. The molecule has 0 aromatic heterocycles. The highest BCUT2D eigenvalue weighted by molar-refractivity contribution is 5.53. The molecule has 2 N–H and O–H groups in total. The highest BCUT2D eigenvalue weighted by Crippen LogP contribution is 2.34. The van der Waals surface area contributed by atoms with Gasteiger partial charge in [0.2, 0.25) is 0 Å². The van der Waals surface area contributed by atoms with Crippen LogP contribution in [0.25, 0.3) is 0 Å². The van der Waals surface area contributed by atoms with Gasteiger partial charge in [0.15, 0.2) is 5.75 Å². The van der Waals surface area contributed by atoms with Gasteiger partial charge in [-0.15, -0.1) is 0 Å². The van der Waals surface area contributed by atoms with Crippen LogP contribution >= 0.6 is 0 Å². The van der Waals surface area contributed by atoms with E-state index in [1.54, 1.807) is 19.1 Å². The molecule has 0 saturated carbocycles. The standard InChI is InChI=1S/C9H12N2O4/c1-6(15-10)7-4-3-5-8(14-2)9(7)11(12)13/h3-6H,10H2,1-2H3. The maximum atomic E-state index is 10.9. The van der Waals surface area contributed by atoms with Gasteiger partial charge in [0, 0.05) is 0 Å². The van der Waals surface area contributed by atoms with Crippen LogP contribution in [0.3, 0.4) is 0 Å². The lowest BCUT2D eigenvalue weighted by molar-refractivity contribution is -0.387. The number of nitrogens with two attached hydrogens (primary N) is 1. The third kappa shape index (κ3) is 2.23. The normalized spacial score (nSPS) is 12.2. The summed E-state index contributed by atoms with van der Waals surface area (Å²) in [6.07, 6.45) is -0.555. The average molecular weight is 212 g/mol. The van der Waals surface area contributed by atoms with Crippen LogP contribution in [-0.4, -0.2) is 12.0 Å². The zero-order valence-electron chi connectivity index (χ0n) is 8.47. The van der Waals surface area contributed by atoms with Gasteiger partial charge < -0.3 is 4.74 Å². The van der Waals surface area contributed by atoms with Crippen molar-refractivity contribution in [2.45, 2.75) is 13.0 Å². The molecule has 1 unspecified atom stereocenters. The van der Waals surface area contributed by atoms with Crippen molar-refractivity contribution in [2.24, 2.45) is 5.90 Å². The van der Waals surface area contributed by atoms with Gasteiger partial charge in [0.05, 0.1) is 17.6 Å². The SMILES string of the molecule is COc1cccc(C(C)ON)c1[N+](=O)[O-]. The molecular formula is C9H12N2O4. The highest BCUT2D eigenvalue weighted by atomic mass is 16.6. The van der Waals surface area contributed by atoms with Crippen molar-refractivity contribution < 1.29 is 14.5 Å². The monoisotopic (exact) mass is 212 g/mol. The van der Waals surface area contributed by atoms with Gasteiger partial charge >= 0.3 is 5.69 Å². The van der Waals surface area contributed by atoms with E-state index < -0.39 is 11.0 Å². The van der Waals surface area contributed by atoms with Crippen LogP contribution < -0.4 is 10.6 Å². The summed E-state index contributed by atoms with van der Waals surface area (Å²) in [5, 5.41) is 10.9. The second-order valence-corrected chi connectivity index (χ2v) is 2.93. The van der Waals surface area contributed by atoms with E-state index in [2.05, 4.69) is 4.84 Å². The molecule has 0 saturated heterocycles. The number of benzene rings is 1. The molecule has 0 aliphatic heterocycles. The number of rotatable bonds is 4. The minimum Gasteiger partial charge on any atom is -0.490 e. The molecule has 0 bridgehead atoms. The Balaban J connectivity index is 3.31. The summed E-state index contributed by atoms with van der Waals surface area (Å²) in [6.45, 7) is 1.63. The van der Waals surface area contributed by atoms with Gasteiger partial charge in [0.1, 0.15) is 6.10 Å². The van der Waals surface area contributed by atoms with E-state index in [0.29, 0.717) is 5.56 Å².